The number of methoxy groups -OCH3 is 1. The maximum Gasteiger partial charge on any atom is 0.414 e. The number of hydrogen-bond acceptors (Lipinski definition) is 5. The Balaban J connectivity index is 1.68. The van der Waals surface area contributed by atoms with Gasteiger partial charge >= 0.3 is 12.1 Å². The number of para-hydroxylation sites is 1. The standard InChI is InChI=1S/C20H20N2O4/c1-25-17(24)22-15-6-3-2-5-13(15)20-8-10-21-9-4-7-18(21)11-14(16(23)26-20)19(20,22)12-18/h2-7,14H,8-12H2,1H3/t14-,18-,19+,20+/m0/s1. The molecule has 1 amide bonds. The van der Waals surface area contributed by atoms with Gasteiger partial charge in [0, 0.05) is 30.6 Å². The van der Waals surface area contributed by atoms with Crippen molar-refractivity contribution in [1.29, 1.82) is 0 Å². The molecule has 4 heterocycles. The molecule has 1 saturated carbocycles. The van der Waals surface area contributed by atoms with Gasteiger partial charge in [0.25, 0.3) is 0 Å². The second-order valence-corrected chi connectivity index (χ2v) is 8.13. The highest BCUT2D eigenvalue weighted by Crippen LogP contribution is 2.70. The molecule has 0 aromatic heterocycles. The maximum absolute atomic E-state index is 13.0. The van der Waals surface area contributed by atoms with Crippen LogP contribution in [0.4, 0.5) is 10.5 Å². The van der Waals surface area contributed by atoms with E-state index in [9.17, 15) is 9.59 Å². The quantitative estimate of drug-likeness (QED) is 0.529. The summed E-state index contributed by atoms with van der Waals surface area (Å²) in [5.74, 6) is -0.507. The van der Waals surface area contributed by atoms with E-state index in [0.717, 1.165) is 24.3 Å². The largest absolute Gasteiger partial charge is 0.452 e. The zero-order valence-corrected chi connectivity index (χ0v) is 14.6. The summed E-state index contributed by atoms with van der Waals surface area (Å²) in [6.07, 6.45) is 6.14. The van der Waals surface area contributed by atoms with E-state index in [4.69, 9.17) is 9.47 Å². The number of ether oxygens (including phenoxy) is 2. The van der Waals surface area contributed by atoms with E-state index in [1.165, 1.54) is 7.11 Å². The first-order valence-electron chi connectivity index (χ1n) is 9.21. The van der Waals surface area contributed by atoms with Crippen LogP contribution in [-0.2, 0) is 19.9 Å². The summed E-state index contributed by atoms with van der Waals surface area (Å²) in [4.78, 5) is 30.2. The van der Waals surface area contributed by atoms with Crippen LogP contribution in [0.3, 0.4) is 0 Å². The zero-order valence-electron chi connectivity index (χ0n) is 14.6. The molecule has 6 heteroatoms. The van der Waals surface area contributed by atoms with Crippen molar-refractivity contribution in [2.75, 3.05) is 25.1 Å². The highest BCUT2D eigenvalue weighted by molar-refractivity contribution is 5.98. The summed E-state index contributed by atoms with van der Waals surface area (Å²) >= 11 is 0. The Bertz CT molecular complexity index is 898. The lowest BCUT2D eigenvalue weighted by molar-refractivity contribution is -0.152. The molecule has 1 aromatic carbocycles. The summed E-state index contributed by atoms with van der Waals surface area (Å²) in [6, 6.07) is 7.84. The monoisotopic (exact) mass is 352 g/mol. The first kappa shape index (κ1) is 14.8. The molecule has 26 heavy (non-hydrogen) atoms. The third kappa shape index (κ3) is 1.29. The second-order valence-electron chi connectivity index (χ2n) is 8.13. The van der Waals surface area contributed by atoms with Crippen molar-refractivity contribution >= 4 is 17.7 Å². The van der Waals surface area contributed by atoms with Crippen molar-refractivity contribution in [2.24, 2.45) is 5.92 Å². The van der Waals surface area contributed by atoms with Gasteiger partial charge in [0.2, 0.25) is 0 Å². The van der Waals surface area contributed by atoms with Crippen LogP contribution in [0.15, 0.2) is 36.4 Å². The number of amides is 1. The zero-order chi connectivity index (χ0) is 17.7. The Labute approximate surface area is 151 Å². The molecule has 2 bridgehead atoms. The van der Waals surface area contributed by atoms with Crippen LogP contribution >= 0.6 is 0 Å². The van der Waals surface area contributed by atoms with E-state index >= 15 is 0 Å². The van der Waals surface area contributed by atoms with Crippen molar-refractivity contribution in [3.8, 4) is 0 Å². The molecule has 6 rings (SSSR count). The number of fused-ring (bicyclic) bond motifs is 1. The SMILES string of the molecule is COC(=O)N1c2ccccc2[C@@]23CCN4CC=C[C@@]45C[C@@H](C(=O)O2)[C@@]13C5. The molecular formula is C20H20N2O4. The van der Waals surface area contributed by atoms with Crippen LogP contribution in [0, 0.1) is 5.92 Å². The van der Waals surface area contributed by atoms with E-state index in [1.54, 1.807) is 4.90 Å². The Kier molecular flexibility index (Phi) is 2.45. The molecule has 1 aliphatic carbocycles. The predicted octanol–water partition coefficient (Wildman–Crippen LogP) is 2.19. The van der Waals surface area contributed by atoms with Gasteiger partial charge in [-0.05, 0) is 18.9 Å². The van der Waals surface area contributed by atoms with Crippen LogP contribution < -0.4 is 4.90 Å². The number of benzene rings is 1. The lowest BCUT2D eigenvalue weighted by Crippen LogP contribution is -2.59. The third-order valence-corrected chi connectivity index (χ3v) is 7.42. The Morgan fingerprint density at radius 3 is 3.04 bits per heavy atom. The van der Waals surface area contributed by atoms with Crippen LogP contribution in [0.1, 0.15) is 24.8 Å². The van der Waals surface area contributed by atoms with E-state index in [1.807, 2.05) is 24.3 Å². The first-order valence-corrected chi connectivity index (χ1v) is 9.21. The molecule has 2 spiro atoms. The molecule has 0 N–H and O–H groups in total. The molecule has 1 aromatic rings. The van der Waals surface area contributed by atoms with Gasteiger partial charge in [0.1, 0.15) is 5.54 Å². The molecule has 3 fully saturated rings. The second kappa shape index (κ2) is 4.31. The van der Waals surface area contributed by atoms with Crippen LogP contribution in [0.25, 0.3) is 0 Å². The minimum Gasteiger partial charge on any atom is -0.452 e. The smallest absolute Gasteiger partial charge is 0.414 e. The third-order valence-electron chi connectivity index (χ3n) is 7.42. The summed E-state index contributed by atoms with van der Waals surface area (Å²) in [6.45, 7) is 1.74. The number of esters is 1. The summed E-state index contributed by atoms with van der Waals surface area (Å²) in [5, 5.41) is 0. The first-order chi connectivity index (χ1) is 12.6. The van der Waals surface area contributed by atoms with E-state index in [0.29, 0.717) is 19.3 Å². The summed E-state index contributed by atoms with van der Waals surface area (Å²) in [5.41, 5.74) is 0.124. The van der Waals surface area contributed by atoms with Crippen molar-refractivity contribution in [2.45, 2.75) is 35.9 Å². The molecule has 4 aliphatic heterocycles. The summed E-state index contributed by atoms with van der Waals surface area (Å²) in [7, 11) is 1.40. The Morgan fingerprint density at radius 1 is 1.35 bits per heavy atom. The van der Waals surface area contributed by atoms with Gasteiger partial charge in [-0.1, -0.05) is 30.4 Å². The number of nitrogens with zero attached hydrogens (tertiary/aromatic N) is 2. The number of carbonyl (C=O) groups is 2. The van der Waals surface area contributed by atoms with Crippen LogP contribution in [0.5, 0.6) is 0 Å². The number of hydrogen-bond donors (Lipinski definition) is 0. The van der Waals surface area contributed by atoms with Gasteiger partial charge in [-0.3, -0.25) is 14.6 Å². The number of carbonyl (C=O) groups excluding carboxylic acids is 2. The molecule has 0 unspecified atom stereocenters. The van der Waals surface area contributed by atoms with Crippen molar-refractivity contribution in [1.82, 2.24) is 4.90 Å². The summed E-state index contributed by atoms with van der Waals surface area (Å²) < 4.78 is 11.4. The highest BCUT2D eigenvalue weighted by Gasteiger charge is 2.81. The average molecular weight is 352 g/mol. The van der Waals surface area contributed by atoms with E-state index in [2.05, 4.69) is 17.1 Å². The highest BCUT2D eigenvalue weighted by atomic mass is 16.6. The van der Waals surface area contributed by atoms with Gasteiger partial charge in [-0.25, -0.2) is 4.79 Å². The van der Waals surface area contributed by atoms with Gasteiger partial charge in [-0.2, -0.15) is 0 Å². The Morgan fingerprint density at radius 2 is 2.19 bits per heavy atom. The molecule has 5 aliphatic rings. The number of anilines is 1. The van der Waals surface area contributed by atoms with Gasteiger partial charge in [-0.15, -0.1) is 0 Å². The van der Waals surface area contributed by atoms with E-state index < -0.39 is 17.2 Å². The topological polar surface area (TPSA) is 59.1 Å². The lowest BCUT2D eigenvalue weighted by Gasteiger charge is -2.41. The lowest BCUT2D eigenvalue weighted by atomic mass is 9.72. The predicted molar refractivity (Wildman–Crippen MR) is 92.6 cm³/mol. The molecule has 4 atom stereocenters. The van der Waals surface area contributed by atoms with E-state index in [-0.39, 0.29) is 17.4 Å². The molecule has 6 nitrogen and oxygen atoms in total. The average Bonchev–Trinajstić information content (AvgIpc) is 3.30. The Hall–Kier alpha value is -2.34. The molecule has 2 saturated heterocycles. The fourth-order valence-electron chi connectivity index (χ4n) is 6.56. The molecule has 134 valence electrons. The normalized spacial score (nSPS) is 41.5. The van der Waals surface area contributed by atoms with Crippen LogP contribution in [0.2, 0.25) is 0 Å². The van der Waals surface area contributed by atoms with Crippen molar-refractivity contribution in [3.05, 3.63) is 42.0 Å². The van der Waals surface area contributed by atoms with Gasteiger partial charge < -0.3 is 9.47 Å². The fraction of sp³-hybridized carbons (Fsp3) is 0.500. The molecular weight excluding hydrogens is 332 g/mol. The minimum atomic E-state index is -0.777. The van der Waals surface area contributed by atoms with Crippen molar-refractivity contribution in [3.63, 3.8) is 0 Å². The minimum absolute atomic E-state index is 0.166. The van der Waals surface area contributed by atoms with Gasteiger partial charge in [0.15, 0.2) is 5.60 Å². The molecule has 0 radical (unpaired) electrons. The maximum atomic E-state index is 13.0. The number of rotatable bonds is 0. The van der Waals surface area contributed by atoms with Gasteiger partial charge in [0.05, 0.1) is 18.7 Å². The van der Waals surface area contributed by atoms with Crippen LogP contribution in [-0.4, -0.2) is 48.2 Å². The fourth-order valence-corrected chi connectivity index (χ4v) is 6.56. The van der Waals surface area contributed by atoms with Crippen molar-refractivity contribution < 1.29 is 19.1 Å².